The highest BCUT2D eigenvalue weighted by Gasteiger charge is 2.44. The largest absolute Gasteiger partial charge is 0.453 e. The number of methoxy groups -OCH3 is 1. The van der Waals surface area contributed by atoms with Crippen molar-refractivity contribution in [3.63, 3.8) is 0 Å². The van der Waals surface area contributed by atoms with Crippen molar-refractivity contribution in [2.24, 2.45) is 17.6 Å². The minimum absolute atomic E-state index is 0.0394. The zero-order valence-electron chi connectivity index (χ0n) is 28.9. The monoisotopic (exact) mass is 683 g/mol. The fourth-order valence-electron chi connectivity index (χ4n) is 6.52. The van der Waals surface area contributed by atoms with E-state index >= 15 is 8.78 Å². The van der Waals surface area contributed by atoms with Crippen LogP contribution in [0.25, 0.3) is 44.5 Å². The Morgan fingerprint density at radius 3 is 2.20 bits per heavy atom. The number of rotatable bonds is 12. The van der Waals surface area contributed by atoms with Gasteiger partial charge in [-0.1, -0.05) is 58.0 Å². The maximum atomic E-state index is 16.2. The van der Waals surface area contributed by atoms with Crippen LogP contribution in [-0.4, -0.2) is 51.6 Å². The summed E-state index contributed by atoms with van der Waals surface area (Å²) in [6.45, 7) is 8.14. The fraction of sp³-hybridized carbons (Fsp3) is 0.368. The number of fused-ring (bicyclic) bond motifs is 4. The van der Waals surface area contributed by atoms with Gasteiger partial charge in [-0.15, -0.1) is 0 Å². The van der Waals surface area contributed by atoms with Crippen LogP contribution >= 0.6 is 0 Å². The van der Waals surface area contributed by atoms with Gasteiger partial charge in [-0.05, 0) is 77.7 Å². The quantitative estimate of drug-likeness (QED) is 0.0877. The Hall–Kier alpha value is -5.10. The third-order valence-electron chi connectivity index (χ3n) is 9.31. The molecular weight excluding hydrogens is 640 g/mol. The van der Waals surface area contributed by atoms with Gasteiger partial charge in [0.15, 0.2) is 0 Å². The molecule has 6 N–H and O–H groups in total. The van der Waals surface area contributed by atoms with E-state index in [1.165, 1.54) is 13.2 Å². The molecule has 0 radical (unpaired) electrons. The summed E-state index contributed by atoms with van der Waals surface area (Å²) in [5.74, 6) is -2.52. The zero-order chi connectivity index (χ0) is 35.7. The minimum Gasteiger partial charge on any atom is -0.453 e. The molecule has 3 aromatic carbocycles. The van der Waals surface area contributed by atoms with E-state index in [0.717, 1.165) is 41.7 Å². The lowest BCUT2D eigenvalue weighted by Crippen LogP contribution is -2.51. The van der Waals surface area contributed by atoms with Gasteiger partial charge in [-0.25, -0.2) is 14.8 Å². The number of H-pyrrole nitrogens is 2. The van der Waals surface area contributed by atoms with E-state index in [-0.39, 0.29) is 28.9 Å². The molecule has 0 saturated heterocycles. The normalized spacial score (nSPS) is 14.4. The molecule has 262 valence electrons. The second-order valence-electron chi connectivity index (χ2n) is 13.5. The molecule has 1 aliphatic carbocycles. The van der Waals surface area contributed by atoms with Crippen molar-refractivity contribution in [3.05, 3.63) is 83.6 Å². The number of hydrogen-bond donors (Lipinski definition) is 5. The summed E-state index contributed by atoms with van der Waals surface area (Å²) in [5.41, 5.74) is 10.8. The number of carbonyl (C=O) groups is 2. The van der Waals surface area contributed by atoms with Gasteiger partial charge in [0.05, 0.1) is 36.1 Å². The Kier molecular flexibility index (Phi) is 9.75. The first-order valence-electron chi connectivity index (χ1n) is 17.0. The van der Waals surface area contributed by atoms with Crippen molar-refractivity contribution in [1.82, 2.24) is 30.6 Å². The Morgan fingerprint density at radius 1 is 0.880 bits per heavy atom. The molecule has 6 rings (SSSR count). The first kappa shape index (κ1) is 34.8. The Labute approximate surface area is 289 Å². The minimum atomic E-state index is -3.22. The number of halogens is 2. The third-order valence-corrected chi connectivity index (χ3v) is 9.31. The fourth-order valence-corrected chi connectivity index (χ4v) is 6.52. The second kappa shape index (κ2) is 14.0. The van der Waals surface area contributed by atoms with Crippen molar-refractivity contribution < 1.29 is 23.1 Å². The predicted molar refractivity (Wildman–Crippen MR) is 189 cm³/mol. The first-order valence-corrected chi connectivity index (χ1v) is 17.0. The number of aryl methyl sites for hydroxylation is 1. The zero-order valence-corrected chi connectivity index (χ0v) is 28.9. The van der Waals surface area contributed by atoms with Crippen LogP contribution in [0.2, 0.25) is 0 Å². The number of nitrogens with one attached hydrogen (secondary N) is 4. The number of aromatic nitrogens is 4. The number of aromatic amines is 2. The Morgan fingerprint density at radius 2 is 1.54 bits per heavy atom. The smallest absolute Gasteiger partial charge is 0.407 e. The SMILES string of the molecule is COC(=O)N[C@H](C(=O)N[C@H](c1ncc(-c2ccc3c(c2)C(F)(F)c2cc(-c4ccc5nc(CCCCN)[nH]c5c4)ccc2-3)[nH]1)C(C)C)C(C)C. The summed E-state index contributed by atoms with van der Waals surface area (Å²) in [4.78, 5) is 40.8. The van der Waals surface area contributed by atoms with E-state index < -0.39 is 24.1 Å². The van der Waals surface area contributed by atoms with Crippen LogP contribution in [0.3, 0.4) is 0 Å². The van der Waals surface area contributed by atoms with Gasteiger partial charge < -0.3 is 31.1 Å². The van der Waals surface area contributed by atoms with Gasteiger partial charge in [0.2, 0.25) is 5.91 Å². The molecule has 0 unspecified atom stereocenters. The van der Waals surface area contributed by atoms with Crippen molar-refractivity contribution in [3.8, 4) is 33.5 Å². The summed E-state index contributed by atoms with van der Waals surface area (Å²) < 4.78 is 37.1. The summed E-state index contributed by atoms with van der Waals surface area (Å²) in [5, 5.41) is 5.56. The topological polar surface area (TPSA) is 151 Å². The lowest BCUT2D eigenvalue weighted by molar-refractivity contribution is -0.125. The van der Waals surface area contributed by atoms with Gasteiger partial charge in [-0.3, -0.25) is 4.79 Å². The Bertz CT molecular complexity index is 2030. The van der Waals surface area contributed by atoms with Crippen LogP contribution in [0.15, 0.2) is 60.8 Å². The maximum Gasteiger partial charge on any atom is 0.407 e. The van der Waals surface area contributed by atoms with Crippen molar-refractivity contribution in [2.45, 2.75) is 65.0 Å². The molecule has 12 heteroatoms. The number of alkyl halides is 2. The van der Waals surface area contributed by atoms with Crippen molar-refractivity contribution >= 4 is 23.0 Å². The number of alkyl carbamates (subject to hydrolysis) is 1. The molecule has 5 aromatic rings. The number of unbranched alkanes of at least 4 members (excludes halogenated alkanes) is 1. The van der Waals surface area contributed by atoms with E-state index in [0.29, 0.717) is 40.3 Å². The lowest BCUT2D eigenvalue weighted by atomic mass is 9.98. The van der Waals surface area contributed by atoms with Crippen molar-refractivity contribution in [1.29, 1.82) is 0 Å². The number of carbonyl (C=O) groups excluding carboxylic acids is 2. The summed E-state index contributed by atoms with van der Waals surface area (Å²) >= 11 is 0. The summed E-state index contributed by atoms with van der Waals surface area (Å²) in [6, 6.07) is 14.7. The Balaban J connectivity index is 1.24. The molecule has 2 heterocycles. The number of benzene rings is 3. The standard InChI is InChI=1S/C38H43F2N7O3/c1-20(2)33(46-36(48)34(21(3)4)47-37(49)50-5)35-42-19-31(45-35)24-10-13-26-25-12-9-22(16-27(25)38(39,40)28(26)17-24)23-11-14-29-30(18-23)44-32(43-29)8-6-7-15-41/h9-14,16-21,33-34H,6-8,15,41H2,1-5H3,(H,42,45)(H,43,44)(H,46,48)(H,47,49)/t33-,34-/m0/s1. The molecule has 0 saturated carbocycles. The van der Waals surface area contributed by atoms with E-state index in [2.05, 4.69) is 35.3 Å². The number of nitrogens with two attached hydrogens (primary N) is 1. The molecular formula is C38H43F2N7O3. The second-order valence-corrected chi connectivity index (χ2v) is 13.5. The summed E-state index contributed by atoms with van der Waals surface area (Å²) in [7, 11) is 1.24. The van der Waals surface area contributed by atoms with E-state index in [9.17, 15) is 9.59 Å². The predicted octanol–water partition coefficient (Wildman–Crippen LogP) is 7.22. The van der Waals surface area contributed by atoms with E-state index in [1.54, 1.807) is 30.5 Å². The highest BCUT2D eigenvalue weighted by Crippen LogP contribution is 2.52. The molecule has 0 fully saturated rings. The molecule has 50 heavy (non-hydrogen) atoms. The van der Waals surface area contributed by atoms with Crippen molar-refractivity contribution in [2.75, 3.05) is 13.7 Å². The van der Waals surface area contributed by atoms with Crippen LogP contribution in [0.1, 0.15) is 69.4 Å². The van der Waals surface area contributed by atoms with Gasteiger partial charge in [0.1, 0.15) is 17.7 Å². The van der Waals surface area contributed by atoms with Crippen LogP contribution in [0, 0.1) is 11.8 Å². The highest BCUT2D eigenvalue weighted by atomic mass is 19.3. The highest BCUT2D eigenvalue weighted by molar-refractivity contribution is 5.87. The maximum absolute atomic E-state index is 16.2. The van der Waals surface area contributed by atoms with E-state index in [1.807, 2.05) is 52.0 Å². The van der Waals surface area contributed by atoms with Crippen LogP contribution in [-0.2, 0) is 21.9 Å². The summed E-state index contributed by atoms with van der Waals surface area (Å²) in [6.07, 6.45) is 3.55. The van der Waals surface area contributed by atoms with Crippen LogP contribution in [0.5, 0.6) is 0 Å². The average molecular weight is 684 g/mol. The number of amides is 2. The van der Waals surface area contributed by atoms with Gasteiger partial charge in [0.25, 0.3) is 5.92 Å². The number of imidazole rings is 2. The van der Waals surface area contributed by atoms with Crippen LogP contribution in [0.4, 0.5) is 13.6 Å². The third kappa shape index (κ3) is 6.72. The molecule has 0 aliphatic heterocycles. The molecule has 2 atom stereocenters. The van der Waals surface area contributed by atoms with Gasteiger partial charge in [-0.2, -0.15) is 8.78 Å². The lowest BCUT2D eigenvalue weighted by Gasteiger charge is -2.26. The molecule has 1 aliphatic rings. The van der Waals surface area contributed by atoms with Crippen LogP contribution < -0.4 is 16.4 Å². The molecule has 2 aromatic heterocycles. The molecule has 0 bridgehead atoms. The number of ether oxygens (including phenoxy) is 1. The molecule has 2 amide bonds. The average Bonchev–Trinajstić information content (AvgIpc) is 3.80. The van der Waals surface area contributed by atoms with Gasteiger partial charge >= 0.3 is 6.09 Å². The number of nitrogens with zero attached hydrogens (tertiary/aromatic N) is 2. The molecule has 0 spiro atoms. The first-order chi connectivity index (χ1) is 23.9. The van der Waals surface area contributed by atoms with E-state index in [4.69, 9.17) is 5.73 Å². The molecule has 10 nitrogen and oxygen atoms in total. The number of hydrogen-bond acceptors (Lipinski definition) is 6. The van der Waals surface area contributed by atoms with Gasteiger partial charge in [0, 0.05) is 23.1 Å².